The quantitative estimate of drug-likeness (QED) is 0.615. The number of piperidine rings is 1. The van der Waals surface area contributed by atoms with Gasteiger partial charge in [-0.3, -0.25) is 4.90 Å². The van der Waals surface area contributed by atoms with E-state index in [-0.39, 0.29) is 42.3 Å². The number of anilines is 2. The summed E-state index contributed by atoms with van der Waals surface area (Å²) in [5.41, 5.74) is 0.0794. The number of halogens is 3. The highest BCUT2D eigenvalue weighted by atomic mass is 19.3. The number of aromatic nitrogens is 2. The monoisotopic (exact) mass is 520 g/mol. The number of hydrogen-bond acceptors (Lipinski definition) is 9. The number of likely N-dealkylation sites (tertiary alicyclic amines) is 1. The van der Waals surface area contributed by atoms with Crippen molar-refractivity contribution in [1.82, 2.24) is 14.9 Å². The summed E-state index contributed by atoms with van der Waals surface area (Å²) in [4.78, 5) is 10.4. The van der Waals surface area contributed by atoms with Crippen LogP contribution in [0.1, 0.15) is 24.6 Å². The fourth-order valence-electron chi connectivity index (χ4n) is 5.04. The molecule has 0 amide bonds. The molecule has 1 aromatic carbocycles. The Morgan fingerprint density at radius 3 is 2.76 bits per heavy atom. The Bertz CT molecular complexity index is 1240. The summed E-state index contributed by atoms with van der Waals surface area (Å²) < 4.78 is 73.1. The van der Waals surface area contributed by atoms with Crippen molar-refractivity contribution in [3.63, 3.8) is 0 Å². The molecule has 198 valence electrons. The van der Waals surface area contributed by atoms with Crippen LogP contribution < -0.4 is 14.8 Å². The Labute approximate surface area is 211 Å². The zero-order chi connectivity index (χ0) is 25.8. The molecule has 12 heteroatoms. The summed E-state index contributed by atoms with van der Waals surface area (Å²) >= 11 is 0. The zero-order valence-corrected chi connectivity index (χ0v) is 20.4. The first-order valence-corrected chi connectivity index (χ1v) is 12.1. The van der Waals surface area contributed by atoms with E-state index in [1.807, 2.05) is 6.92 Å². The van der Waals surface area contributed by atoms with Crippen LogP contribution in [-0.4, -0.2) is 78.7 Å². The number of methoxy groups -OCH3 is 1. The fraction of sp³-hybridized carbons (Fsp3) is 0.520. The van der Waals surface area contributed by atoms with Gasteiger partial charge < -0.3 is 29.0 Å². The van der Waals surface area contributed by atoms with Crippen molar-refractivity contribution in [2.45, 2.75) is 43.4 Å². The largest absolute Gasteiger partial charge is 0.483 e. The van der Waals surface area contributed by atoms with Crippen molar-refractivity contribution in [3.05, 3.63) is 41.6 Å². The summed E-state index contributed by atoms with van der Waals surface area (Å²) in [7, 11) is 1.53. The summed E-state index contributed by atoms with van der Waals surface area (Å²) in [6, 6.07) is 2.73. The second kappa shape index (κ2) is 9.03. The number of nitrogens with zero attached hydrogens (tertiary/aromatic N) is 3. The zero-order valence-electron chi connectivity index (χ0n) is 20.4. The molecule has 1 unspecified atom stereocenters. The smallest absolute Gasteiger partial charge is 0.296 e. The lowest BCUT2D eigenvalue weighted by molar-refractivity contribution is -0.176. The molecule has 4 aliphatic rings. The van der Waals surface area contributed by atoms with Gasteiger partial charge in [0.15, 0.2) is 23.4 Å². The number of hydrogen-bond donors (Lipinski definition) is 1. The minimum atomic E-state index is -3.10. The third-order valence-corrected chi connectivity index (χ3v) is 7.29. The number of fused-ring (bicyclic) bond motifs is 2. The van der Waals surface area contributed by atoms with Gasteiger partial charge in [-0.05, 0) is 25.1 Å². The van der Waals surface area contributed by atoms with Crippen LogP contribution in [0.2, 0.25) is 0 Å². The first-order chi connectivity index (χ1) is 17.8. The molecule has 2 aromatic rings. The molecule has 1 N–H and O–H groups in total. The number of ether oxygens (including phenoxy) is 5. The van der Waals surface area contributed by atoms with Crippen molar-refractivity contribution in [3.8, 4) is 11.5 Å². The van der Waals surface area contributed by atoms with Crippen LogP contribution >= 0.6 is 0 Å². The average Bonchev–Trinajstić information content (AvgIpc) is 3.30. The number of rotatable bonds is 6. The Kier molecular flexibility index (Phi) is 5.92. The molecule has 6 rings (SSSR count). The van der Waals surface area contributed by atoms with Gasteiger partial charge in [-0.15, -0.1) is 0 Å². The molecule has 0 bridgehead atoms. The number of benzene rings is 1. The molecule has 37 heavy (non-hydrogen) atoms. The molecule has 2 fully saturated rings. The van der Waals surface area contributed by atoms with Gasteiger partial charge in [0.2, 0.25) is 6.79 Å². The van der Waals surface area contributed by atoms with Crippen LogP contribution in [0.15, 0.2) is 24.5 Å². The van der Waals surface area contributed by atoms with E-state index in [1.165, 1.54) is 25.6 Å². The molecular formula is C25H27F3N4O5. The van der Waals surface area contributed by atoms with E-state index in [4.69, 9.17) is 23.7 Å². The predicted octanol–water partition coefficient (Wildman–Crippen LogP) is 3.52. The highest BCUT2D eigenvalue weighted by Crippen LogP contribution is 2.45. The average molecular weight is 521 g/mol. The van der Waals surface area contributed by atoms with Gasteiger partial charge in [0.25, 0.3) is 5.92 Å². The lowest BCUT2D eigenvalue weighted by atomic mass is 9.89. The highest BCUT2D eigenvalue weighted by Gasteiger charge is 2.49. The van der Waals surface area contributed by atoms with Crippen LogP contribution in [0.4, 0.5) is 24.7 Å². The fourth-order valence-corrected chi connectivity index (χ4v) is 5.04. The summed E-state index contributed by atoms with van der Waals surface area (Å²) in [6.07, 6.45) is 2.09. The third kappa shape index (κ3) is 4.36. The molecule has 1 aliphatic carbocycles. The first kappa shape index (κ1) is 24.3. The van der Waals surface area contributed by atoms with Crippen molar-refractivity contribution in [2.75, 3.05) is 45.5 Å². The van der Waals surface area contributed by atoms with Crippen molar-refractivity contribution < 1.29 is 36.9 Å². The standard InChI is InChI=1S/C25H27F3N4O5/c1-24(33-2)7-16-20(18(8-24)37-19-5-6-32(11-25(19,27)28)14-9-34-10-14)23(30-12-29-16)31-21-15(26)3-4-17-22(21)36-13-35-17/h3-4,8,12,14,19H,5-7,9-11,13H2,1-2H3,(H,29,30,31)/t19-,24?/m1/s1. The maximum Gasteiger partial charge on any atom is 0.296 e. The summed E-state index contributed by atoms with van der Waals surface area (Å²) in [5, 5.41) is 2.97. The molecule has 0 radical (unpaired) electrons. The van der Waals surface area contributed by atoms with Gasteiger partial charge in [-0.25, -0.2) is 23.1 Å². The van der Waals surface area contributed by atoms with Crippen LogP contribution in [0, 0.1) is 5.82 Å². The van der Waals surface area contributed by atoms with Gasteiger partial charge in [0, 0.05) is 26.5 Å². The number of nitrogens with one attached hydrogen (secondary N) is 1. The Balaban J connectivity index is 1.34. The van der Waals surface area contributed by atoms with Gasteiger partial charge in [0.1, 0.15) is 23.6 Å². The lowest BCUT2D eigenvalue weighted by Gasteiger charge is -2.45. The number of alkyl halides is 2. The minimum absolute atomic E-state index is 0.0103. The van der Waals surface area contributed by atoms with E-state index in [0.717, 1.165) is 0 Å². The van der Waals surface area contributed by atoms with Gasteiger partial charge >= 0.3 is 0 Å². The molecule has 0 saturated carbocycles. The van der Waals surface area contributed by atoms with Crippen molar-refractivity contribution in [1.29, 1.82) is 0 Å². The predicted molar refractivity (Wildman–Crippen MR) is 126 cm³/mol. The van der Waals surface area contributed by atoms with E-state index >= 15 is 8.78 Å². The molecule has 4 heterocycles. The highest BCUT2D eigenvalue weighted by molar-refractivity contribution is 5.80. The molecule has 1 aromatic heterocycles. The summed E-state index contributed by atoms with van der Waals surface area (Å²) in [5.74, 6) is -2.74. The molecule has 3 aliphatic heterocycles. The lowest BCUT2D eigenvalue weighted by Crippen LogP contribution is -2.59. The second-order valence-electron chi connectivity index (χ2n) is 9.85. The minimum Gasteiger partial charge on any atom is -0.483 e. The summed E-state index contributed by atoms with van der Waals surface area (Å²) in [6.45, 7) is 2.76. The molecular weight excluding hydrogens is 493 g/mol. The molecule has 2 atom stereocenters. The molecule has 2 saturated heterocycles. The SMILES string of the molecule is COC1(C)C=C(O[C@@H]2CCN(C3COC3)CC2(F)F)c2c(ncnc2Nc2c(F)ccc3c2OCO3)C1. The topological polar surface area (TPSA) is 87.2 Å². The van der Waals surface area contributed by atoms with E-state index in [2.05, 4.69) is 15.3 Å². The maximum absolute atomic E-state index is 15.3. The maximum atomic E-state index is 15.3. The van der Waals surface area contributed by atoms with Crippen LogP contribution in [0.5, 0.6) is 11.5 Å². The Morgan fingerprint density at radius 2 is 2.03 bits per heavy atom. The van der Waals surface area contributed by atoms with Crippen LogP contribution in [0.25, 0.3) is 5.76 Å². The molecule has 0 spiro atoms. The van der Waals surface area contributed by atoms with E-state index < -0.39 is 30.0 Å². The second-order valence-corrected chi connectivity index (χ2v) is 9.85. The van der Waals surface area contributed by atoms with E-state index in [0.29, 0.717) is 43.2 Å². The van der Waals surface area contributed by atoms with Crippen LogP contribution in [-0.2, 0) is 20.6 Å². The molecule has 9 nitrogen and oxygen atoms in total. The van der Waals surface area contributed by atoms with E-state index in [1.54, 1.807) is 11.0 Å². The van der Waals surface area contributed by atoms with Crippen LogP contribution in [0.3, 0.4) is 0 Å². The third-order valence-electron chi connectivity index (χ3n) is 7.29. The van der Waals surface area contributed by atoms with Gasteiger partial charge in [0.05, 0.1) is 42.7 Å². The Morgan fingerprint density at radius 1 is 1.19 bits per heavy atom. The van der Waals surface area contributed by atoms with E-state index in [9.17, 15) is 4.39 Å². The van der Waals surface area contributed by atoms with Gasteiger partial charge in [-0.2, -0.15) is 0 Å². The van der Waals surface area contributed by atoms with Crippen molar-refractivity contribution in [2.24, 2.45) is 0 Å². The van der Waals surface area contributed by atoms with Crippen molar-refractivity contribution >= 4 is 17.3 Å². The normalized spacial score (nSPS) is 26.7. The first-order valence-electron chi connectivity index (χ1n) is 12.1. The Hall–Kier alpha value is -3.09. The van der Waals surface area contributed by atoms with Gasteiger partial charge in [-0.1, -0.05) is 0 Å².